The van der Waals surface area contributed by atoms with Crippen LogP contribution in [-0.2, 0) is 23.8 Å². The van der Waals surface area contributed by atoms with E-state index in [1.165, 1.54) is 53.9 Å². The summed E-state index contributed by atoms with van der Waals surface area (Å²) in [5.74, 6) is 2.51. The molecule has 6 rings (SSSR count). The van der Waals surface area contributed by atoms with Gasteiger partial charge in [0.05, 0.1) is 10.3 Å². The highest BCUT2D eigenvalue weighted by Gasteiger charge is 2.55. The lowest BCUT2D eigenvalue weighted by Gasteiger charge is -2.47. The first kappa shape index (κ1) is 27.3. The average molecular weight is 550 g/mol. The van der Waals surface area contributed by atoms with Crippen molar-refractivity contribution in [3.05, 3.63) is 83.7 Å². The molecule has 2 atom stereocenters. The fourth-order valence-corrected chi connectivity index (χ4v) is 8.88. The minimum atomic E-state index is -0.0221. The largest absolute Gasteiger partial charge is 0.294 e. The molecule has 0 spiro atoms. The normalized spacial score (nSPS) is 20.6. The van der Waals surface area contributed by atoms with E-state index in [4.69, 9.17) is 0 Å². The molecule has 2 aromatic heterocycles. The number of hydrogen-bond donors (Lipinski definition) is 0. The quantitative estimate of drug-likeness (QED) is 0.179. The second-order valence-corrected chi connectivity index (χ2v) is 14.3. The summed E-state index contributed by atoms with van der Waals surface area (Å²) in [5, 5.41) is 2.87. The van der Waals surface area contributed by atoms with E-state index < -0.39 is 0 Å². The van der Waals surface area contributed by atoms with Gasteiger partial charge in [0.25, 0.3) is 5.82 Å². The van der Waals surface area contributed by atoms with Crippen LogP contribution in [0.25, 0.3) is 37.2 Å². The molecule has 3 heteroatoms. The molecule has 3 aromatic carbocycles. The molecule has 2 nitrogen and oxygen atoms in total. The van der Waals surface area contributed by atoms with Crippen molar-refractivity contribution in [3.63, 3.8) is 0 Å². The third-order valence-electron chi connectivity index (χ3n) is 9.98. The summed E-state index contributed by atoms with van der Waals surface area (Å²) in [6.45, 7) is 19.1. The molecule has 5 aromatic rings. The lowest BCUT2D eigenvalue weighted by Crippen LogP contribution is -2.67. The molecule has 0 saturated carbocycles. The maximum atomic E-state index is 2.62. The zero-order valence-corrected chi connectivity index (χ0v) is 26.5. The summed E-state index contributed by atoms with van der Waals surface area (Å²) in [4.78, 5) is 0. The smallest absolute Gasteiger partial charge is 0.224 e. The zero-order chi connectivity index (χ0) is 28.4. The monoisotopic (exact) mass is 549 g/mol. The molecule has 0 saturated heterocycles. The maximum Gasteiger partial charge on any atom is 0.294 e. The predicted octanol–water partition coefficient (Wildman–Crippen LogP) is 10.0. The number of rotatable bonds is 7. The summed E-state index contributed by atoms with van der Waals surface area (Å²) >= 11 is 1.98. The average Bonchev–Trinajstić information content (AvgIpc) is 3.54. The fraction of sp³-hybridized carbons (Fsp3) is 0.432. The number of imidazole rings is 1. The van der Waals surface area contributed by atoms with Gasteiger partial charge in [-0.1, -0.05) is 90.9 Å². The first-order valence-electron chi connectivity index (χ1n) is 15.3. The van der Waals surface area contributed by atoms with Gasteiger partial charge in [-0.2, -0.15) is 4.57 Å². The van der Waals surface area contributed by atoms with Crippen molar-refractivity contribution in [1.29, 1.82) is 0 Å². The Labute approximate surface area is 244 Å². The highest BCUT2D eigenvalue weighted by Crippen LogP contribution is 2.51. The molecule has 2 unspecified atom stereocenters. The molecule has 0 N–H and O–H groups in total. The summed E-state index contributed by atoms with van der Waals surface area (Å²) in [7, 11) is 0. The Bertz CT molecular complexity index is 1720. The van der Waals surface area contributed by atoms with Crippen LogP contribution in [0.15, 0.2) is 67.0 Å². The number of hydrogen-bond acceptors (Lipinski definition) is 1. The van der Waals surface area contributed by atoms with Crippen molar-refractivity contribution in [2.75, 3.05) is 0 Å². The van der Waals surface area contributed by atoms with Gasteiger partial charge < -0.3 is 0 Å². The highest BCUT2D eigenvalue weighted by atomic mass is 32.1. The van der Waals surface area contributed by atoms with Crippen molar-refractivity contribution >= 4 is 31.5 Å². The molecule has 3 heterocycles. The first-order valence-corrected chi connectivity index (χ1v) is 16.2. The van der Waals surface area contributed by atoms with Crippen LogP contribution in [0.1, 0.15) is 84.9 Å². The Kier molecular flexibility index (Phi) is 6.73. The van der Waals surface area contributed by atoms with E-state index in [0.29, 0.717) is 11.8 Å². The lowest BCUT2D eigenvalue weighted by atomic mass is 9.61. The third kappa shape index (κ3) is 3.84. The fourth-order valence-electron chi connectivity index (χ4n) is 7.56. The maximum absolute atomic E-state index is 2.62. The van der Waals surface area contributed by atoms with Crippen molar-refractivity contribution in [2.45, 2.75) is 92.0 Å². The van der Waals surface area contributed by atoms with Crippen molar-refractivity contribution in [3.8, 4) is 17.1 Å². The van der Waals surface area contributed by atoms with Crippen molar-refractivity contribution in [2.24, 2.45) is 11.8 Å². The molecule has 0 fully saturated rings. The summed E-state index contributed by atoms with van der Waals surface area (Å²) in [6, 6.07) is 20.8. The molecule has 0 amide bonds. The van der Waals surface area contributed by atoms with Crippen LogP contribution in [-0.4, -0.2) is 4.57 Å². The zero-order valence-electron chi connectivity index (χ0n) is 25.6. The van der Waals surface area contributed by atoms with Gasteiger partial charge >= 0.3 is 0 Å². The summed E-state index contributed by atoms with van der Waals surface area (Å²) in [6.07, 6.45) is 9.11. The van der Waals surface area contributed by atoms with Crippen LogP contribution in [0.2, 0.25) is 0 Å². The molecule has 1 aliphatic heterocycles. The topological polar surface area (TPSA) is 8.81 Å². The molecular weight excluding hydrogens is 504 g/mol. The van der Waals surface area contributed by atoms with Crippen molar-refractivity contribution < 1.29 is 4.57 Å². The second-order valence-electron chi connectivity index (χ2n) is 13.3. The van der Waals surface area contributed by atoms with Crippen LogP contribution in [0.5, 0.6) is 0 Å². The Morgan fingerprint density at radius 1 is 0.850 bits per heavy atom. The minimum absolute atomic E-state index is 0.0221. The molecule has 1 aliphatic rings. The molecule has 0 radical (unpaired) electrons. The van der Waals surface area contributed by atoms with Crippen LogP contribution < -0.4 is 4.57 Å². The summed E-state index contributed by atoms with van der Waals surface area (Å²) in [5.41, 5.74) is 7.26. The van der Waals surface area contributed by atoms with Crippen molar-refractivity contribution in [1.82, 2.24) is 4.57 Å². The van der Waals surface area contributed by atoms with Crippen LogP contribution in [0.3, 0.4) is 0 Å². The van der Waals surface area contributed by atoms with Gasteiger partial charge in [0.1, 0.15) is 17.9 Å². The minimum Gasteiger partial charge on any atom is -0.224 e. The molecular formula is C37H45N2S+. The second kappa shape index (κ2) is 9.87. The van der Waals surface area contributed by atoms with E-state index in [0.717, 1.165) is 25.7 Å². The Hall–Kier alpha value is -2.91. The SMILES string of the molecule is CCC1(C)c2ccccc2-c2n(-c3c(CC(C)C)cc(CC(C)C)c4c3sc3ccccc34)cc[n+]2C1(C)CC. The van der Waals surface area contributed by atoms with Crippen LogP contribution >= 0.6 is 11.3 Å². The van der Waals surface area contributed by atoms with E-state index in [9.17, 15) is 0 Å². The Morgan fingerprint density at radius 2 is 1.52 bits per heavy atom. The number of nitrogens with zero attached hydrogens (tertiary/aromatic N) is 2. The Morgan fingerprint density at radius 3 is 2.23 bits per heavy atom. The number of aromatic nitrogens is 2. The van der Waals surface area contributed by atoms with Gasteiger partial charge in [-0.05, 0) is 67.7 Å². The van der Waals surface area contributed by atoms with E-state index in [1.807, 2.05) is 11.3 Å². The van der Waals surface area contributed by atoms with E-state index in [1.54, 1.807) is 0 Å². The molecule has 0 aliphatic carbocycles. The number of fused-ring (bicyclic) bond motifs is 6. The van der Waals surface area contributed by atoms with Gasteiger partial charge in [0.15, 0.2) is 5.69 Å². The van der Waals surface area contributed by atoms with Gasteiger partial charge in [-0.15, -0.1) is 11.3 Å². The molecule has 208 valence electrons. The van der Waals surface area contributed by atoms with Crippen LogP contribution in [0.4, 0.5) is 0 Å². The number of benzene rings is 3. The molecule has 40 heavy (non-hydrogen) atoms. The van der Waals surface area contributed by atoms with Crippen LogP contribution in [0, 0.1) is 11.8 Å². The van der Waals surface area contributed by atoms with Gasteiger partial charge in [-0.3, -0.25) is 0 Å². The Balaban J connectivity index is 1.75. The number of thiophene rings is 1. The summed E-state index contributed by atoms with van der Waals surface area (Å²) < 4.78 is 8.01. The van der Waals surface area contributed by atoms with Gasteiger partial charge in [0, 0.05) is 26.5 Å². The van der Waals surface area contributed by atoms with E-state index in [2.05, 4.69) is 132 Å². The standard InChI is InChI=1S/C37H45N2S/c1-9-36(7)30-17-13-11-15-28(30)35-38(19-20-39(35)37(36,8)10-2)33-27(22-25(5)6)23-26(21-24(3)4)32-29-16-12-14-18-31(29)40-34(32)33/h11-20,23-25H,9-10,21-22H2,1-8H3/q+1. The third-order valence-corrected chi connectivity index (χ3v) is 11.2. The highest BCUT2D eigenvalue weighted by molar-refractivity contribution is 7.26. The van der Waals surface area contributed by atoms with Gasteiger partial charge in [0.2, 0.25) is 0 Å². The van der Waals surface area contributed by atoms with E-state index >= 15 is 0 Å². The van der Waals surface area contributed by atoms with Gasteiger partial charge in [-0.25, -0.2) is 4.57 Å². The molecule has 0 bridgehead atoms. The predicted molar refractivity (Wildman–Crippen MR) is 173 cm³/mol. The lowest BCUT2D eigenvalue weighted by molar-refractivity contribution is -0.764. The first-order chi connectivity index (χ1) is 19.1. The van der Waals surface area contributed by atoms with E-state index in [-0.39, 0.29) is 11.0 Å².